The van der Waals surface area contributed by atoms with Crippen LogP contribution in [0.15, 0.2) is 30.3 Å². The van der Waals surface area contributed by atoms with E-state index >= 15 is 0 Å². The van der Waals surface area contributed by atoms with Gasteiger partial charge in [-0.2, -0.15) is 0 Å². The predicted molar refractivity (Wildman–Crippen MR) is 77.1 cm³/mol. The van der Waals surface area contributed by atoms with Crippen LogP contribution in [0.25, 0.3) is 0 Å². The van der Waals surface area contributed by atoms with Crippen molar-refractivity contribution in [3.05, 3.63) is 30.3 Å². The second-order valence-corrected chi connectivity index (χ2v) is 5.93. The van der Waals surface area contributed by atoms with E-state index in [9.17, 15) is 4.79 Å². The third-order valence-electron chi connectivity index (χ3n) is 4.91. The summed E-state index contributed by atoms with van der Waals surface area (Å²) in [4.78, 5) is 14.8. The molecule has 19 heavy (non-hydrogen) atoms. The topological polar surface area (TPSA) is 32.3 Å². The van der Waals surface area contributed by atoms with Gasteiger partial charge in [0.15, 0.2) is 0 Å². The summed E-state index contributed by atoms with van der Waals surface area (Å²) < 4.78 is 0. The standard InChI is InChI=1S/C16H22N2O/c1-18(14-8-3-2-4-9-14)15(19)16-10-6-5-7-13(16)11-17-12-16/h2-4,8-9,13,17H,5-7,10-12H2,1H3/t13-,16+/m0/s1. The highest BCUT2D eigenvalue weighted by Gasteiger charge is 2.51. The Morgan fingerprint density at radius 3 is 2.89 bits per heavy atom. The van der Waals surface area contributed by atoms with E-state index in [4.69, 9.17) is 0 Å². The minimum absolute atomic E-state index is 0.150. The third kappa shape index (κ3) is 2.06. The van der Waals surface area contributed by atoms with Gasteiger partial charge in [-0.3, -0.25) is 4.79 Å². The second-order valence-electron chi connectivity index (χ2n) is 5.93. The minimum atomic E-state index is -0.150. The molecular formula is C16H22N2O. The second kappa shape index (κ2) is 4.97. The first-order valence-electron chi connectivity index (χ1n) is 7.28. The van der Waals surface area contributed by atoms with Gasteiger partial charge in [0.25, 0.3) is 0 Å². The summed E-state index contributed by atoms with van der Waals surface area (Å²) in [5, 5.41) is 3.44. The zero-order valence-electron chi connectivity index (χ0n) is 11.6. The predicted octanol–water partition coefficient (Wildman–Crippen LogP) is 2.43. The van der Waals surface area contributed by atoms with Crippen molar-refractivity contribution >= 4 is 11.6 Å². The SMILES string of the molecule is CN(C(=O)[C@@]12CCCC[C@H]1CNC2)c1ccccc1. The number of benzene rings is 1. The van der Waals surface area contributed by atoms with Crippen molar-refractivity contribution in [2.75, 3.05) is 25.0 Å². The summed E-state index contributed by atoms with van der Waals surface area (Å²) in [7, 11) is 1.91. The maximum Gasteiger partial charge on any atom is 0.234 e. The molecule has 0 aromatic heterocycles. The van der Waals surface area contributed by atoms with Crippen molar-refractivity contribution in [3.63, 3.8) is 0 Å². The van der Waals surface area contributed by atoms with Crippen molar-refractivity contribution in [2.45, 2.75) is 25.7 Å². The van der Waals surface area contributed by atoms with Crippen LogP contribution in [0.3, 0.4) is 0 Å². The fourth-order valence-electron chi connectivity index (χ4n) is 3.77. The highest BCUT2D eigenvalue weighted by molar-refractivity contribution is 5.97. The van der Waals surface area contributed by atoms with Crippen LogP contribution >= 0.6 is 0 Å². The van der Waals surface area contributed by atoms with Gasteiger partial charge in [0.2, 0.25) is 5.91 Å². The van der Waals surface area contributed by atoms with Crippen molar-refractivity contribution in [1.82, 2.24) is 5.32 Å². The first kappa shape index (κ1) is 12.7. The van der Waals surface area contributed by atoms with Gasteiger partial charge in [0.05, 0.1) is 5.41 Å². The molecule has 0 spiro atoms. The molecule has 0 radical (unpaired) electrons. The van der Waals surface area contributed by atoms with E-state index in [0.717, 1.165) is 25.2 Å². The van der Waals surface area contributed by atoms with Crippen LogP contribution in [0, 0.1) is 11.3 Å². The summed E-state index contributed by atoms with van der Waals surface area (Å²) >= 11 is 0. The lowest BCUT2D eigenvalue weighted by atomic mass is 9.67. The van der Waals surface area contributed by atoms with Crippen LogP contribution in [-0.2, 0) is 4.79 Å². The lowest BCUT2D eigenvalue weighted by Crippen LogP contribution is -2.48. The van der Waals surface area contributed by atoms with Gasteiger partial charge in [-0.15, -0.1) is 0 Å². The van der Waals surface area contributed by atoms with Crippen molar-refractivity contribution in [3.8, 4) is 0 Å². The number of hydrogen-bond donors (Lipinski definition) is 1. The highest BCUT2D eigenvalue weighted by Crippen LogP contribution is 2.45. The molecule has 0 unspecified atom stereocenters. The zero-order chi connectivity index (χ0) is 13.3. The molecule has 1 heterocycles. The van der Waals surface area contributed by atoms with Gasteiger partial charge in [-0.05, 0) is 37.4 Å². The van der Waals surface area contributed by atoms with Crippen molar-refractivity contribution < 1.29 is 4.79 Å². The molecule has 3 rings (SSSR count). The van der Waals surface area contributed by atoms with E-state index in [-0.39, 0.29) is 5.41 Å². The van der Waals surface area contributed by atoms with E-state index in [0.29, 0.717) is 11.8 Å². The Morgan fingerprint density at radius 1 is 1.32 bits per heavy atom. The largest absolute Gasteiger partial charge is 0.315 e. The molecule has 1 aliphatic heterocycles. The van der Waals surface area contributed by atoms with E-state index in [1.54, 1.807) is 0 Å². The quantitative estimate of drug-likeness (QED) is 0.883. The number of para-hydroxylation sites is 1. The molecule has 0 bridgehead atoms. The maximum atomic E-state index is 13.0. The van der Waals surface area contributed by atoms with Gasteiger partial charge < -0.3 is 10.2 Å². The van der Waals surface area contributed by atoms with Crippen LogP contribution < -0.4 is 10.2 Å². The van der Waals surface area contributed by atoms with Crippen LogP contribution in [-0.4, -0.2) is 26.0 Å². The number of anilines is 1. The lowest BCUT2D eigenvalue weighted by Gasteiger charge is -2.39. The molecule has 1 aliphatic carbocycles. The molecule has 1 N–H and O–H groups in total. The lowest BCUT2D eigenvalue weighted by molar-refractivity contribution is -0.130. The van der Waals surface area contributed by atoms with Gasteiger partial charge in [-0.1, -0.05) is 31.0 Å². The van der Waals surface area contributed by atoms with Crippen LogP contribution in [0.5, 0.6) is 0 Å². The van der Waals surface area contributed by atoms with Gasteiger partial charge in [-0.25, -0.2) is 0 Å². The average Bonchev–Trinajstić information content (AvgIpc) is 2.91. The monoisotopic (exact) mass is 258 g/mol. The number of nitrogens with zero attached hydrogens (tertiary/aromatic N) is 1. The zero-order valence-corrected chi connectivity index (χ0v) is 11.6. The molecular weight excluding hydrogens is 236 g/mol. The van der Waals surface area contributed by atoms with Gasteiger partial charge >= 0.3 is 0 Å². The molecule has 2 atom stereocenters. The molecule has 102 valence electrons. The number of amides is 1. The van der Waals surface area contributed by atoms with Crippen LogP contribution in [0.1, 0.15) is 25.7 Å². The fraction of sp³-hybridized carbons (Fsp3) is 0.562. The Kier molecular flexibility index (Phi) is 3.31. The Morgan fingerprint density at radius 2 is 2.11 bits per heavy atom. The number of rotatable bonds is 2. The smallest absolute Gasteiger partial charge is 0.234 e. The van der Waals surface area contributed by atoms with Crippen molar-refractivity contribution in [2.24, 2.45) is 11.3 Å². The molecule has 1 aromatic carbocycles. The van der Waals surface area contributed by atoms with Crippen molar-refractivity contribution in [1.29, 1.82) is 0 Å². The van der Waals surface area contributed by atoms with E-state index < -0.39 is 0 Å². The summed E-state index contributed by atoms with van der Waals surface area (Å²) in [5.74, 6) is 0.827. The average molecular weight is 258 g/mol. The first-order valence-corrected chi connectivity index (χ1v) is 7.28. The summed E-state index contributed by atoms with van der Waals surface area (Å²) in [6.45, 7) is 1.86. The molecule has 2 fully saturated rings. The minimum Gasteiger partial charge on any atom is -0.315 e. The van der Waals surface area contributed by atoms with E-state index in [1.165, 1.54) is 19.3 Å². The van der Waals surface area contributed by atoms with Gasteiger partial charge in [0, 0.05) is 19.3 Å². The molecule has 3 heteroatoms. The molecule has 1 saturated heterocycles. The fourth-order valence-corrected chi connectivity index (χ4v) is 3.77. The third-order valence-corrected chi connectivity index (χ3v) is 4.91. The van der Waals surface area contributed by atoms with Crippen LogP contribution in [0.2, 0.25) is 0 Å². The molecule has 3 nitrogen and oxygen atoms in total. The summed E-state index contributed by atoms with van der Waals surface area (Å²) in [6, 6.07) is 9.98. The molecule has 1 saturated carbocycles. The number of carbonyl (C=O) groups excluding carboxylic acids is 1. The summed E-state index contributed by atoms with van der Waals surface area (Å²) in [5.41, 5.74) is 0.848. The Hall–Kier alpha value is -1.35. The number of fused-ring (bicyclic) bond motifs is 1. The molecule has 1 aromatic rings. The number of nitrogens with one attached hydrogen (secondary N) is 1. The van der Waals surface area contributed by atoms with E-state index in [1.807, 2.05) is 42.3 Å². The normalized spacial score (nSPS) is 29.8. The molecule has 2 aliphatic rings. The number of carbonyl (C=O) groups is 1. The first-order chi connectivity index (χ1) is 9.24. The van der Waals surface area contributed by atoms with Crippen LogP contribution in [0.4, 0.5) is 5.69 Å². The van der Waals surface area contributed by atoms with E-state index in [2.05, 4.69) is 5.32 Å². The Labute approximate surface area is 115 Å². The maximum absolute atomic E-state index is 13.0. The Bertz CT molecular complexity index is 459. The Balaban J connectivity index is 1.86. The summed E-state index contributed by atoms with van der Waals surface area (Å²) in [6.07, 6.45) is 4.70. The molecule has 1 amide bonds. The highest BCUT2D eigenvalue weighted by atomic mass is 16.2. The number of hydrogen-bond acceptors (Lipinski definition) is 2. The van der Waals surface area contributed by atoms with Gasteiger partial charge in [0.1, 0.15) is 0 Å².